The maximum Gasteiger partial charge on any atom is 0.386 e. The minimum Gasteiger partial charge on any atom is -0.494 e. The summed E-state index contributed by atoms with van der Waals surface area (Å²) in [4.78, 5) is 33.0. The highest BCUT2D eigenvalue weighted by atomic mass is 17.2. The van der Waals surface area contributed by atoms with Gasteiger partial charge < -0.3 is 14.2 Å². The molecule has 0 saturated carbocycles. The van der Waals surface area contributed by atoms with Crippen LogP contribution in [0.2, 0.25) is 0 Å². The van der Waals surface area contributed by atoms with E-state index in [-0.39, 0.29) is 11.9 Å². The number of benzene rings is 2. The Morgan fingerprint density at radius 3 is 2.09 bits per heavy atom. The van der Waals surface area contributed by atoms with Crippen LogP contribution in [0.3, 0.4) is 0 Å². The van der Waals surface area contributed by atoms with Gasteiger partial charge in [-0.25, -0.2) is 19.4 Å². The lowest BCUT2D eigenvalue weighted by atomic mass is 10.2. The van der Waals surface area contributed by atoms with Crippen molar-refractivity contribution in [1.29, 1.82) is 0 Å². The molecule has 1 unspecified atom stereocenters. The fourth-order valence-corrected chi connectivity index (χ4v) is 3.24. The molecule has 1 atom stereocenters. The predicted molar refractivity (Wildman–Crippen MR) is 117 cm³/mol. The molecule has 1 saturated heterocycles. The van der Waals surface area contributed by atoms with Gasteiger partial charge in [-0.2, -0.15) is 0 Å². The van der Waals surface area contributed by atoms with Crippen molar-refractivity contribution >= 4 is 11.9 Å². The van der Waals surface area contributed by atoms with Crippen molar-refractivity contribution in [2.45, 2.75) is 51.2 Å². The van der Waals surface area contributed by atoms with Crippen LogP contribution in [0.15, 0.2) is 54.6 Å². The van der Waals surface area contributed by atoms with Crippen molar-refractivity contribution in [3.63, 3.8) is 0 Å². The zero-order chi connectivity index (χ0) is 22.4. The fraction of sp³-hybridized carbons (Fsp3) is 0.440. The van der Waals surface area contributed by atoms with Crippen LogP contribution in [0.25, 0.3) is 0 Å². The second-order valence-corrected chi connectivity index (χ2v) is 7.56. The van der Waals surface area contributed by atoms with Gasteiger partial charge in [-0.15, -0.1) is 0 Å². The number of unbranched alkanes of at least 4 members (excludes halogenated alkanes) is 3. The Balaban J connectivity index is 1.25. The fourth-order valence-electron chi connectivity index (χ4n) is 3.24. The molecule has 1 heterocycles. The maximum absolute atomic E-state index is 12.0. The molecule has 172 valence electrons. The zero-order valence-electron chi connectivity index (χ0n) is 18.2. The summed E-state index contributed by atoms with van der Waals surface area (Å²) in [6.45, 7) is 2.15. The van der Waals surface area contributed by atoms with Crippen molar-refractivity contribution < 1.29 is 33.6 Å². The quantitative estimate of drug-likeness (QED) is 0.272. The zero-order valence-corrected chi connectivity index (χ0v) is 18.2. The van der Waals surface area contributed by atoms with Crippen molar-refractivity contribution in [3.05, 3.63) is 65.7 Å². The first kappa shape index (κ1) is 23.8. The Morgan fingerprint density at radius 2 is 1.44 bits per heavy atom. The molecule has 32 heavy (non-hydrogen) atoms. The Bertz CT molecular complexity index is 814. The average molecular weight is 443 g/mol. The molecule has 1 aliphatic heterocycles. The molecule has 0 aromatic heterocycles. The molecule has 0 spiro atoms. The highest BCUT2D eigenvalue weighted by Gasteiger charge is 2.14. The molecular weight excluding hydrogens is 412 g/mol. The van der Waals surface area contributed by atoms with Gasteiger partial charge in [0.05, 0.1) is 17.7 Å². The third-order valence-corrected chi connectivity index (χ3v) is 5.04. The van der Waals surface area contributed by atoms with Crippen molar-refractivity contribution in [3.8, 4) is 5.75 Å². The summed E-state index contributed by atoms with van der Waals surface area (Å²) in [5.41, 5.74) is 0.565. The van der Waals surface area contributed by atoms with Gasteiger partial charge in [0, 0.05) is 13.2 Å². The van der Waals surface area contributed by atoms with Crippen LogP contribution in [0, 0.1) is 0 Å². The summed E-state index contributed by atoms with van der Waals surface area (Å²) in [6.07, 6.45) is 7.42. The van der Waals surface area contributed by atoms with Crippen LogP contribution < -0.4 is 4.74 Å². The van der Waals surface area contributed by atoms with E-state index in [1.165, 1.54) is 6.42 Å². The summed E-state index contributed by atoms with van der Waals surface area (Å²) in [5.74, 6) is -0.810. The molecular formula is C25H30O7. The minimum atomic E-state index is -0.748. The van der Waals surface area contributed by atoms with Crippen LogP contribution in [-0.2, 0) is 19.2 Å². The van der Waals surface area contributed by atoms with E-state index in [0.29, 0.717) is 17.9 Å². The molecule has 1 aliphatic rings. The average Bonchev–Trinajstić information content (AvgIpc) is 2.85. The molecule has 2 aromatic rings. The van der Waals surface area contributed by atoms with Crippen molar-refractivity contribution in [2.24, 2.45) is 0 Å². The number of carbonyl (C=O) groups excluding carboxylic acids is 2. The summed E-state index contributed by atoms with van der Waals surface area (Å²) in [6, 6.07) is 14.8. The molecule has 2 aromatic carbocycles. The maximum atomic E-state index is 12.0. The van der Waals surface area contributed by atoms with E-state index in [9.17, 15) is 9.59 Å². The Labute approximate surface area is 188 Å². The normalized spacial score (nSPS) is 15.7. The first-order valence-electron chi connectivity index (χ1n) is 11.2. The highest BCUT2D eigenvalue weighted by Crippen LogP contribution is 2.16. The molecule has 3 rings (SSSR count). The molecule has 0 radical (unpaired) electrons. The van der Waals surface area contributed by atoms with Gasteiger partial charge >= 0.3 is 11.9 Å². The lowest BCUT2D eigenvalue weighted by Gasteiger charge is -2.22. The van der Waals surface area contributed by atoms with Crippen LogP contribution in [0.4, 0.5) is 0 Å². The van der Waals surface area contributed by atoms with Crippen LogP contribution in [0.1, 0.15) is 65.7 Å². The third kappa shape index (κ3) is 8.32. The molecule has 7 nitrogen and oxygen atoms in total. The first-order valence-corrected chi connectivity index (χ1v) is 11.2. The van der Waals surface area contributed by atoms with Gasteiger partial charge in [-0.1, -0.05) is 24.6 Å². The van der Waals surface area contributed by atoms with E-state index < -0.39 is 11.9 Å². The van der Waals surface area contributed by atoms with Gasteiger partial charge in [-0.3, -0.25) is 0 Å². The molecule has 7 heteroatoms. The first-order chi connectivity index (χ1) is 15.7. The van der Waals surface area contributed by atoms with Crippen LogP contribution in [0.5, 0.6) is 5.75 Å². The monoisotopic (exact) mass is 442 g/mol. The predicted octanol–water partition coefficient (Wildman–Crippen LogP) is 5.10. The van der Waals surface area contributed by atoms with E-state index in [1.807, 2.05) is 0 Å². The summed E-state index contributed by atoms with van der Waals surface area (Å²) < 4.78 is 17.0. The molecule has 0 aliphatic carbocycles. The highest BCUT2D eigenvalue weighted by molar-refractivity contribution is 5.92. The van der Waals surface area contributed by atoms with Gasteiger partial charge in [0.2, 0.25) is 0 Å². The largest absolute Gasteiger partial charge is 0.494 e. The van der Waals surface area contributed by atoms with E-state index in [1.54, 1.807) is 54.6 Å². The summed E-state index contributed by atoms with van der Waals surface area (Å²) in [5, 5.41) is 0. The SMILES string of the molecule is O=C(OOC(=O)c1ccc(OCCCCCCOC2CCCCO2)cc1)c1ccccc1. The molecule has 1 fully saturated rings. The van der Waals surface area contributed by atoms with Gasteiger partial charge in [0.25, 0.3) is 0 Å². The summed E-state index contributed by atoms with van der Waals surface area (Å²) >= 11 is 0. The van der Waals surface area contributed by atoms with E-state index in [4.69, 9.17) is 14.2 Å². The molecule has 0 amide bonds. The van der Waals surface area contributed by atoms with E-state index in [0.717, 1.165) is 51.7 Å². The van der Waals surface area contributed by atoms with Gasteiger partial charge in [-0.05, 0) is 74.9 Å². The van der Waals surface area contributed by atoms with E-state index >= 15 is 0 Å². The Hall–Kier alpha value is -2.90. The van der Waals surface area contributed by atoms with Gasteiger partial charge in [0.15, 0.2) is 6.29 Å². The minimum absolute atomic E-state index is 0.0109. The second-order valence-electron chi connectivity index (χ2n) is 7.56. The van der Waals surface area contributed by atoms with Crippen LogP contribution in [-0.4, -0.2) is 38.0 Å². The molecule has 0 bridgehead atoms. The standard InChI is InChI=1S/C25H30O7/c26-24(20-10-4-3-5-11-20)31-32-25(27)21-13-15-22(16-14-21)28-17-7-1-2-8-18-29-23-12-6-9-19-30-23/h3-5,10-11,13-16,23H,1-2,6-9,12,17-19H2. The lowest BCUT2D eigenvalue weighted by molar-refractivity contribution is -0.187. The lowest BCUT2D eigenvalue weighted by Crippen LogP contribution is -2.22. The van der Waals surface area contributed by atoms with Gasteiger partial charge in [0.1, 0.15) is 5.75 Å². The number of ether oxygens (including phenoxy) is 3. The topological polar surface area (TPSA) is 80.3 Å². The van der Waals surface area contributed by atoms with Crippen molar-refractivity contribution in [1.82, 2.24) is 0 Å². The smallest absolute Gasteiger partial charge is 0.386 e. The Kier molecular flexibility index (Phi) is 10.0. The Morgan fingerprint density at radius 1 is 0.781 bits per heavy atom. The summed E-state index contributed by atoms with van der Waals surface area (Å²) in [7, 11) is 0. The number of hydrogen-bond donors (Lipinski definition) is 0. The van der Waals surface area contributed by atoms with E-state index in [2.05, 4.69) is 9.78 Å². The number of rotatable bonds is 11. The second kappa shape index (κ2) is 13.5. The number of carbonyl (C=O) groups is 2. The molecule has 0 N–H and O–H groups in total. The third-order valence-electron chi connectivity index (χ3n) is 5.04. The number of hydrogen-bond acceptors (Lipinski definition) is 7. The van der Waals surface area contributed by atoms with Crippen LogP contribution >= 0.6 is 0 Å². The van der Waals surface area contributed by atoms with Crippen molar-refractivity contribution in [2.75, 3.05) is 19.8 Å².